The van der Waals surface area contributed by atoms with E-state index in [0.29, 0.717) is 9.59 Å². The molecule has 0 saturated carbocycles. The van der Waals surface area contributed by atoms with Crippen LogP contribution in [0.5, 0.6) is 0 Å². The summed E-state index contributed by atoms with van der Waals surface area (Å²) in [5, 5.41) is 11.1. The average Bonchev–Trinajstić information content (AvgIpc) is 2.98. The molecule has 1 unspecified atom stereocenters. The minimum Gasteiger partial charge on any atom is -0.299 e. The number of hydrogen-bond donors (Lipinski definition) is 1. The van der Waals surface area contributed by atoms with Crippen LogP contribution >= 0.6 is 23.1 Å². The molecule has 11 heteroatoms. The Morgan fingerprint density at radius 1 is 1.33 bits per heavy atom. The van der Waals surface area contributed by atoms with Crippen LogP contribution < -0.4 is 9.62 Å². The molecule has 0 bridgehead atoms. The highest BCUT2D eigenvalue weighted by Gasteiger charge is 2.33. The Morgan fingerprint density at radius 2 is 2.00 bits per heavy atom. The van der Waals surface area contributed by atoms with Gasteiger partial charge in [-0.1, -0.05) is 56.0 Å². The molecule has 0 saturated heterocycles. The van der Waals surface area contributed by atoms with Gasteiger partial charge in [0.15, 0.2) is 4.34 Å². The number of aromatic nitrogens is 2. The van der Waals surface area contributed by atoms with Crippen molar-refractivity contribution in [3.05, 3.63) is 30.1 Å². The molecule has 2 aromatic rings. The van der Waals surface area contributed by atoms with Crippen molar-refractivity contribution in [2.24, 2.45) is 0 Å². The molecule has 0 aliphatic heterocycles. The van der Waals surface area contributed by atoms with E-state index >= 15 is 0 Å². The van der Waals surface area contributed by atoms with Gasteiger partial charge in [0.25, 0.3) is 0 Å². The van der Waals surface area contributed by atoms with Crippen LogP contribution in [0.4, 0.5) is 15.2 Å². The van der Waals surface area contributed by atoms with E-state index in [-0.39, 0.29) is 17.2 Å². The Bertz CT molecular complexity index is 902. The second-order valence-electron chi connectivity index (χ2n) is 5.96. The molecule has 0 radical (unpaired) electrons. The second-order valence-corrected chi connectivity index (χ2v) is 10.6. The van der Waals surface area contributed by atoms with Gasteiger partial charge in [-0.15, -0.1) is 10.2 Å². The Balaban J connectivity index is 2.30. The molecule has 0 aliphatic carbocycles. The van der Waals surface area contributed by atoms with Gasteiger partial charge in [0, 0.05) is 5.25 Å². The summed E-state index contributed by atoms with van der Waals surface area (Å²) >= 11 is 2.71. The lowest BCUT2D eigenvalue weighted by Crippen LogP contribution is -2.47. The quantitative estimate of drug-likeness (QED) is 0.508. The number of anilines is 2. The van der Waals surface area contributed by atoms with Crippen molar-refractivity contribution in [2.45, 2.75) is 42.8 Å². The molecule has 1 N–H and O–H groups in total. The number of rotatable bonds is 8. The molecule has 0 spiro atoms. The molecule has 1 amide bonds. The summed E-state index contributed by atoms with van der Waals surface area (Å²) in [5.41, 5.74) is -0.171. The van der Waals surface area contributed by atoms with E-state index in [9.17, 15) is 17.6 Å². The molecule has 1 aromatic carbocycles. The number of nitrogens with zero attached hydrogens (tertiary/aromatic N) is 3. The largest absolute Gasteiger partial charge is 0.299 e. The van der Waals surface area contributed by atoms with Crippen molar-refractivity contribution in [3.8, 4) is 0 Å². The van der Waals surface area contributed by atoms with Crippen LogP contribution in [0.1, 0.15) is 27.2 Å². The number of halogens is 1. The molecule has 7 nitrogen and oxygen atoms in total. The maximum atomic E-state index is 14.2. The zero-order chi connectivity index (χ0) is 20.2. The first-order valence-electron chi connectivity index (χ1n) is 8.18. The van der Waals surface area contributed by atoms with Crippen LogP contribution in [0.25, 0.3) is 0 Å². The fraction of sp³-hybridized carbons (Fsp3) is 0.438. The summed E-state index contributed by atoms with van der Waals surface area (Å²) in [6, 6.07) is 4.33. The molecular formula is C16H21FN4O3S3. The number of hydrogen-bond acceptors (Lipinski definition) is 7. The van der Waals surface area contributed by atoms with Gasteiger partial charge in [-0.05, 0) is 18.6 Å². The van der Waals surface area contributed by atoms with Gasteiger partial charge >= 0.3 is 0 Å². The summed E-state index contributed by atoms with van der Waals surface area (Å²) in [5.74, 6) is -1.32. The first-order valence-corrected chi connectivity index (χ1v) is 11.7. The number of benzene rings is 1. The Labute approximate surface area is 166 Å². The van der Waals surface area contributed by atoms with Crippen LogP contribution in [0.15, 0.2) is 28.6 Å². The van der Waals surface area contributed by atoms with Crippen LogP contribution in [0.2, 0.25) is 0 Å². The molecule has 1 aromatic heterocycles. The molecule has 2 rings (SSSR count). The number of carbonyl (C=O) groups excluding carboxylic acids is 1. The van der Waals surface area contributed by atoms with E-state index in [1.807, 2.05) is 13.8 Å². The summed E-state index contributed by atoms with van der Waals surface area (Å²) in [6.45, 7) is 5.68. The second kappa shape index (κ2) is 8.98. The lowest BCUT2D eigenvalue weighted by Gasteiger charge is -2.29. The first kappa shape index (κ1) is 21.6. The predicted molar refractivity (Wildman–Crippen MR) is 107 cm³/mol. The number of thioether (sulfide) groups is 1. The highest BCUT2D eigenvalue weighted by Crippen LogP contribution is 2.30. The molecular weight excluding hydrogens is 411 g/mol. The summed E-state index contributed by atoms with van der Waals surface area (Å²) in [6.07, 6.45) is 1.09. The highest BCUT2D eigenvalue weighted by atomic mass is 32.2. The van der Waals surface area contributed by atoms with Gasteiger partial charge in [-0.2, -0.15) is 0 Å². The first-order chi connectivity index (χ1) is 12.6. The SMILES string of the molecule is CCC(C(=O)Nc1nnc(SC(C)C)s1)N(c1ccccc1F)S(C)(=O)=O. The Hall–Kier alpha value is -1.72. The highest BCUT2D eigenvalue weighted by molar-refractivity contribution is 8.01. The van der Waals surface area contributed by atoms with E-state index in [1.54, 1.807) is 6.92 Å². The van der Waals surface area contributed by atoms with Gasteiger partial charge in [0.1, 0.15) is 11.9 Å². The fourth-order valence-corrected chi connectivity index (χ4v) is 5.55. The van der Waals surface area contributed by atoms with Crippen LogP contribution in [0.3, 0.4) is 0 Å². The maximum Gasteiger partial charge on any atom is 0.250 e. The summed E-state index contributed by atoms with van der Waals surface area (Å²) < 4.78 is 40.4. The van der Waals surface area contributed by atoms with Crippen molar-refractivity contribution < 1.29 is 17.6 Å². The summed E-state index contributed by atoms with van der Waals surface area (Å²) in [7, 11) is -3.90. The minimum atomic E-state index is -3.90. The van der Waals surface area contributed by atoms with Crippen LogP contribution in [0, 0.1) is 5.82 Å². The predicted octanol–water partition coefficient (Wildman–Crippen LogP) is 3.36. The van der Waals surface area contributed by atoms with Crippen molar-refractivity contribution in [2.75, 3.05) is 15.9 Å². The van der Waals surface area contributed by atoms with Crippen molar-refractivity contribution in [1.29, 1.82) is 0 Å². The number of amides is 1. The van der Waals surface area contributed by atoms with Crippen LogP contribution in [-0.4, -0.2) is 42.1 Å². The number of carbonyl (C=O) groups is 1. The third-order valence-corrected chi connectivity index (χ3v) is 6.49. The van der Waals surface area contributed by atoms with E-state index in [1.165, 1.54) is 41.3 Å². The molecule has 27 heavy (non-hydrogen) atoms. The minimum absolute atomic E-state index is 0.152. The summed E-state index contributed by atoms with van der Waals surface area (Å²) in [4.78, 5) is 12.7. The number of sulfonamides is 1. The Kier molecular flexibility index (Phi) is 7.18. The van der Waals surface area contributed by atoms with Crippen molar-refractivity contribution in [3.63, 3.8) is 0 Å². The topological polar surface area (TPSA) is 92.3 Å². The van der Waals surface area contributed by atoms with Crippen LogP contribution in [-0.2, 0) is 14.8 Å². The third-order valence-electron chi connectivity index (χ3n) is 3.39. The number of nitrogens with one attached hydrogen (secondary N) is 1. The molecule has 0 fully saturated rings. The lowest BCUT2D eigenvalue weighted by molar-refractivity contribution is -0.117. The smallest absolute Gasteiger partial charge is 0.250 e. The van der Waals surface area contributed by atoms with E-state index < -0.39 is 27.8 Å². The number of para-hydroxylation sites is 1. The molecule has 1 atom stereocenters. The van der Waals surface area contributed by atoms with Gasteiger partial charge in [0.2, 0.25) is 21.1 Å². The fourth-order valence-electron chi connectivity index (χ4n) is 2.36. The van der Waals surface area contributed by atoms with E-state index in [2.05, 4.69) is 15.5 Å². The monoisotopic (exact) mass is 432 g/mol. The standard InChI is InChI=1S/C16H21FN4O3S3/c1-5-12(14(22)18-15-19-20-16(26-15)25-10(2)3)21(27(4,23)24)13-9-7-6-8-11(13)17/h6-10,12H,5H2,1-4H3,(H,18,19,22). The van der Waals surface area contributed by atoms with Gasteiger partial charge in [-0.25, -0.2) is 12.8 Å². The van der Waals surface area contributed by atoms with Gasteiger partial charge in [-0.3, -0.25) is 14.4 Å². The zero-order valence-electron chi connectivity index (χ0n) is 15.3. The molecule has 0 aliphatic rings. The zero-order valence-corrected chi connectivity index (χ0v) is 17.8. The third kappa shape index (κ3) is 5.63. The van der Waals surface area contributed by atoms with E-state index in [0.717, 1.165) is 16.6 Å². The van der Waals surface area contributed by atoms with Gasteiger partial charge in [0.05, 0.1) is 11.9 Å². The average molecular weight is 433 g/mol. The molecule has 148 valence electrons. The van der Waals surface area contributed by atoms with Crippen molar-refractivity contribution >= 4 is 49.8 Å². The molecule has 1 heterocycles. The van der Waals surface area contributed by atoms with E-state index in [4.69, 9.17) is 0 Å². The van der Waals surface area contributed by atoms with Gasteiger partial charge < -0.3 is 0 Å². The van der Waals surface area contributed by atoms with Crippen molar-refractivity contribution in [1.82, 2.24) is 10.2 Å². The lowest BCUT2D eigenvalue weighted by atomic mass is 10.2. The Morgan fingerprint density at radius 3 is 2.56 bits per heavy atom. The normalized spacial score (nSPS) is 12.8. The maximum absolute atomic E-state index is 14.2.